The van der Waals surface area contributed by atoms with Crippen LogP contribution in [0.3, 0.4) is 0 Å². The predicted molar refractivity (Wildman–Crippen MR) is 78.7 cm³/mol. The third-order valence-electron chi connectivity index (χ3n) is 4.90. The van der Waals surface area contributed by atoms with Gasteiger partial charge in [0.15, 0.2) is 0 Å². The molecule has 0 heterocycles. The Hall–Kier alpha value is -1.84. The average Bonchev–Trinajstić information content (AvgIpc) is 2.53. The molecular formula is C17H21NO3. The number of ether oxygens (including phenoxy) is 1. The molecular weight excluding hydrogens is 266 g/mol. The normalized spacial score (nSPS) is 28.0. The van der Waals surface area contributed by atoms with E-state index in [4.69, 9.17) is 4.74 Å². The number of carbonyl (C=O) groups excluding carboxylic acids is 2. The molecule has 2 aliphatic rings. The summed E-state index contributed by atoms with van der Waals surface area (Å²) >= 11 is 0. The second kappa shape index (κ2) is 5.88. The zero-order chi connectivity index (χ0) is 14.7. The van der Waals surface area contributed by atoms with Gasteiger partial charge in [0.2, 0.25) is 0 Å². The molecule has 0 aromatic heterocycles. The second-order valence-corrected chi connectivity index (χ2v) is 6.18. The maximum atomic E-state index is 11.8. The molecule has 1 N–H and O–H groups in total. The summed E-state index contributed by atoms with van der Waals surface area (Å²) in [5.74, 6) is 0.424. The van der Waals surface area contributed by atoms with Gasteiger partial charge in [0.1, 0.15) is 12.4 Å². The van der Waals surface area contributed by atoms with Crippen molar-refractivity contribution in [2.24, 2.45) is 5.41 Å². The first kappa shape index (κ1) is 14.1. The second-order valence-electron chi connectivity index (χ2n) is 6.18. The third-order valence-corrected chi connectivity index (χ3v) is 4.90. The van der Waals surface area contributed by atoms with E-state index in [0.717, 1.165) is 44.1 Å². The summed E-state index contributed by atoms with van der Waals surface area (Å²) in [7, 11) is 0. The highest BCUT2D eigenvalue weighted by Gasteiger charge is 2.47. The van der Waals surface area contributed by atoms with E-state index in [9.17, 15) is 9.59 Å². The summed E-state index contributed by atoms with van der Waals surface area (Å²) in [5, 5.41) is 2.92. The summed E-state index contributed by atoms with van der Waals surface area (Å²) < 4.78 is 5.23. The van der Waals surface area contributed by atoms with Crippen LogP contribution in [-0.2, 0) is 16.1 Å². The van der Waals surface area contributed by atoms with E-state index in [1.54, 1.807) is 0 Å². The number of ketones is 1. The molecule has 0 radical (unpaired) electrons. The van der Waals surface area contributed by atoms with Crippen molar-refractivity contribution in [2.45, 2.75) is 51.2 Å². The maximum absolute atomic E-state index is 11.8. The first-order valence-electron chi connectivity index (χ1n) is 7.68. The van der Waals surface area contributed by atoms with Crippen LogP contribution < -0.4 is 5.32 Å². The average molecular weight is 287 g/mol. The monoisotopic (exact) mass is 287 g/mol. The number of amides is 1. The summed E-state index contributed by atoms with van der Waals surface area (Å²) in [4.78, 5) is 23.5. The lowest BCUT2D eigenvalue weighted by Gasteiger charge is -2.45. The lowest BCUT2D eigenvalue weighted by atomic mass is 9.59. The molecule has 1 spiro atoms. The number of hydrogen-bond donors (Lipinski definition) is 1. The summed E-state index contributed by atoms with van der Waals surface area (Å²) in [6.07, 6.45) is 5.01. The van der Waals surface area contributed by atoms with Gasteiger partial charge in [0.25, 0.3) is 0 Å². The van der Waals surface area contributed by atoms with E-state index >= 15 is 0 Å². The first-order valence-corrected chi connectivity index (χ1v) is 7.68. The Balaban J connectivity index is 1.41. The zero-order valence-corrected chi connectivity index (χ0v) is 12.1. The fourth-order valence-corrected chi connectivity index (χ4v) is 3.36. The highest BCUT2D eigenvalue weighted by atomic mass is 16.5. The van der Waals surface area contributed by atoms with Gasteiger partial charge < -0.3 is 10.1 Å². The van der Waals surface area contributed by atoms with Crippen molar-refractivity contribution in [2.75, 3.05) is 0 Å². The van der Waals surface area contributed by atoms with Crippen molar-refractivity contribution in [3.8, 4) is 0 Å². The fourth-order valence-electron chi connectivity index (χ4n) is 3.36. The summed E-state index contributed by atoms with van der Waals surface area (Å²) in [6.45, 7) is 0.293. The Kier molecular flexibility index (Phi) is 3.95. The third kappa shape index (κ3) is 3.09. The minimum absolute atomic E-state index is 0.0356. The molecule has 0 saturated heterocycles. The van der Waals surface area contributed by atoms with Gasteiger partial charge in [-0.25, -0.2) is 4.79 Å². The molecule has 1 aromatic rings. The lowest BCUT2D eigenvalue weighted by molar-refractivity contribution is -0.141. The molecule has 4 nitrogen and oxygen atoms in total. The molecule has 4 heteroatoms. The molecule has 1 amide bonds. The van der Waals surface area contributed by atoms with Gasteiger partial charge in [-0.2, -0.15) is 0 Å². The van der Waals surface area contributed by atoms with Gasteiger partial charge in [-0.3, -0.25) is 4.79 Å². The molecule has 1 aromatic carbocycles. The number of alkyl carbamates (subject to hydrolysis) is 1. The molecule has 0 aliphatic heterocycles. The number of nitrogens with one attached hydrogen (secondary N) is 1. The predicted octanol–water partition coefficient (Wildman–Crippen LogP) is 3.20. The van der Waals surface area contributed by atoms with Crippen molar-refractivity contribution in [3.05, 3.63) is 35.9 Å². The fraction of sp³-hybridized carbons (Fsp3) is 0.529. The van der Waals surface area contributed by atoms with Crippen LogP contribution in [0.15, 0.2) is 30.3 Å². The van der Waals surface area contributed by atoms with Crippen LogP contribution in [-0.4, -0.2) is 17.9 Å². The Labute approximate surface area is 124 Å². The van der Waals surface area contributed by atoms with Crippen molar-refractivity contribution in [3.63, 3.8) is 0 Å². The number of rotatable bonds is 3. The largest absolute Gasteiger partial charge is 0.445 e. The smallest absolute Gasteiger partial charge is 0.407 e. The lowest BCUT2D eigenvalue weighted by Crippen LogP contribution is -2.48. The highest BCUT2D eigenvalue weighted by Crippen LogP contribution is 2.48. The molecule has 2 saturated carbocycles. The van der Waals surface area contributed by atoms with Crippen LogP contribution in [0.2, 0.25) is 0 Å². The minimum Gasteiger partial charge on any atom is -0.445 e. The van der Waals surface area contributed by atoms with Gasteiger partial charge in [-0.1, -0.05) is 30.3 Å². The number of hydrogen-bond acceptors (Lipinski definition) is 3. The minimum atomic E-state index is -0.361. The van der Waals surface area contributed by atoms with Gasteiger partial charge in [-0.05, 0) is 37.7 Å². The van der Waals surface area contributed by atoms with Crippen molar-refractivity contribution < 1.29 is 14.3 Å². The molecule has 2 aliphatic carbocycles. The molecule has 0 unspecified atom stereocenters. The highest BCUT2D eigenvalue weighted by molar-refractivity contribution is 5.90. The van der Waals surface area contributed by atoms with Gasteiger partial charge in [0.05, 0.1) is 0 Å². The molecule has 21 heavy (non-hydrogen) atoms. The zero-order valence-electron chi connectivity index (χ0n) is 12.1. The first-order chi connectivity index (χ1) is 10.2. The van der Waals surface area contributed by atoms with Crippen LogP contribution in [0.1, 0.15) is 44.1 Å². The topological polar surface area (TPSA) is 55.4 Å². The van der Waals surface area contributed by atoms with E-state index < -0.39 is 0 Å². The van der Waals surface area contributed by atoms with Crippen molar-refractivity contribution >= 4 is 11.9 Å². The summed E-state index contributed by atoms with van der Waals surface area (Å²) in [5.41, 5.74) is 0.946. The Morgan fingerprint density at radius 3 is 2.48 bits per heavy atom. The quantitative estimate of drug-likeness (QED) is 0.928. The molecule has 0 atom stereocenters. The van der Waals surface area contributed by atoms with Crippen molar-refractivity contribution in [1.29, 1.82) is 0 Å². The molecule has 0 bridgehead atoms. The van der Waals surface area contributed by atoms with Gasteiger partial charge in [-0.15, -0.1) is 0 Å². The molecule has 2 fully saturated rings. The Morgan fingerprint density at radius 1 is 1.19 bits per heavy atom. The summed E-state index contributed by atoms with van der Waals surface area (Å²) in [6, 6.07) is 9.79. The van der Waals surface area contributed by atoms with Crippen LogP contribution >= 0.6 is 0 Å². The van der Waals surface area contributed by atoms with Crippen LogP contribution in [0.4, 0.5) is 4.79 Å². The van der Waals surface area contributed by atoms with E-state index in [1.807, 2.05) is 30.3 Å². The SMILES string of the molecule is O=C(NC1CCC2(CCC2=O)CC1)OCc1ccccc1. The number of carbonyl (C=O) groups is 2. The van der Waals surface area contributed by atoms with Gasteiger partial charge >= 0.3 is 6.09 Å². The number of benzene rings is 1. The van der Waals surface area contributed by atoms with E-state index in [1.165, 1.54) is 0 Å². The van der Waals surface area contributed by atoms with E-state index in [2.05, 4.69) is 5.32 Å². The Morgan fingerprint density at radius 2 is 1.90 bits per heavy atom. The standard InChI is InChI=1S/C17H21NO3/c19-15-8-11-17(15)9-6-14(7-10-17)18-16(20)21-12-13-4-2-1-3-5-13/h1-5,14H,6-12H2,(H,18,20). The molecule has 112 valence electrons. The molecule has 3 rings (SSSR count). The van der Waals surface area contributed by atoms with Crippen LogP contribution in [0.25, 0.3) is 0 Å². The van der Waals surface area contributed by atoms with E-state index in [-0.39, 0.29) is 17.6 Å². The number of Topliss-reactive ketones (excluding diaryl/α,β-unsaturated/α-hetero) is 1. The van der Waals surface area contributed by atoms with E-state index in [0.29, 0.717) is 12.4 Å². The van der Waals surface area contributed by atoms with Crippen molar-refractivity contribution in [1.82, 2.24) is 5.32 Å². The Bertz CT molecular complexity index is 518. The van der Waals surface area contributed by atoms with Gasteiger partial charge in [0, 0.05) is 17.9 Å². The maximum Gasteiger partial charge on any atom is 0.407 e. The van der Waals surface area contributed by atoms with Crippen LogP contribution in [0, 0.1) is 5.41 Å². The van der Waals surface area contributed by atoms with Crippen LogP contribution in [0.5, 0.6) is 0 Å².